The number of nitroso groups, excluding NO2 is 1. The Morgan fingerprint density at radius 3 is 2.67 bits per heavy atom. The second-order valence-electron chi connectivity index (χ2n) is 7.14. The third-order valence-corrected chi connectivity index (χ3v) is 5.21. The SMILES string of the molecule is C=C/C(F)=C/C#CC(O)CC[C@@H]1[C@@H](CCCCCCC(=O)O)CC[C@H]1N=O. The van der Waals surface area contributed by atoms with Crippen LogP contribution in [0.2, 0.25) is 0 Å². The van der Waals surface area contributed by atoms with Crippen LogP contribution >= 0.6 is 0 Å². The van der Waals surface area contributed by atoms with Crippen molar-refractivity contribution in [3.8, 4) is 11.8 Å². The molecule has 6 heteroatoms. The van der Waals surface area contributed by atoms with Gasteiger partial charge in [0.25, 0.3) is 0 Å². The molecule has 0 aromatic carbocycles. The summed E-state index contributed by atoms with van der Waals surface area (Å²) in [5.41, 5.74) is 0. The number of carboxylic acids is 1. The maximum absolute atomic E-state index is 12.9. The maximum Gasteiger partial charge on any atom is 0.303 e. The van der Waals surface area contributed by atoms with E-state index in [1.807, 2.05) is 0 Å². The van der Waals surface area contributed by atoms with E-state index >= 15 is 0 Å². The summed E-state index contributed by atoms with van der Waals surface area (Å²) in [7, 11) is 0. The van der Waals surface area contributed by atoms with Crippen molar-refractivity contribution in [2.45, 2.75) is 76.4 Å². The van der Waals surface area contributed by atoms with Crippen molar-refractivity contribution < 1.29 is 19.4 Å². The Morgan fingerprint density at radius 1 is 1.26 bits per heavy atom. The fourth-order valence-electron chi connectivity index (χ4n) is 3.77. The molecule has 0 amide bonds. The van der Waals surface area contributed by atoms with Crippen molar-refractivity contribution in [2.24, 2.45) is 17.0 Å². The van der Waals surface area contributed by atoms with Crippen molar-refractivity contribution in [2.75, 3.05) is 0 Å². The predicted octanol–water partition coefficient (Wildman–Crippen LogP) is 4.76. The van der Waals surface area contributed by atoms with Gasteiger partial charge in [0.2, 0.25) is 0 Å². The van der Waals surface area contributed by atoms with Gasteiger partial charge in [0.1, 0.15) is 11.9 Å². The lowest BCUT2D eigenvalue weighted by molar-refractivity contribution is -0.137. The smallest absolute Gasteiger partial charge is 0.303 e. The van der Waals surface area contributed by atoms with Crippen LogP contribution in [0.1, 0.15) is 64.2 Å². The fourth-order valence-corrected chi connectivity index (χ4v) is 3.77. The molecule has 1 fully saturated rings. The highest BCUT2D eigenvalue weighted by atomic mass is 19.1. The third kappa shape index (κ3) is 9.48. The maximum atomic E-state index is 12.9. The number of carboxylic acid groups (broad SMARTS) is 1. The molecule has 0 radical (unpaired) electrons. The number of aliphatic hydroxyl groups excluding tert-OH is 1. The Bertz CT molecular complexity index is 578. The number of rotatable bonds is 12. The zero-order valence-electron chi connectivity index (χ0n) is 15.8. The van der Waals surface area contributed by atoms with Crippen molar-refractivity contribution >= 4 is 5.97 Å². The minimum atomic E-state index is -0.858. The number of allylic oxidation sites excluding steroid dienone is 3. The Hall–Kier alpha value is -2.00. The highest BCUT2D eigenvalue weighted by Crippen LogP contribution is 2.40. The van der Waals surface area contributed by atoms with Crippen LogP contribution in [-0.4, -0.2) is 28.3 Å². The van der Waals surface area contributed by atoms with E-state index in [0.29, 0.717) is 25.2 Å². The first-order chi connectivity index (χ1) is 13.0. The molecule has 4 atom stereocenters. The van der Waals surface area contributed by atoms with Gasteiger partial charge in [-0.15, -0.1) is 0 Å². The number of hydrogen-bond donors (Lipinski definition) is 2. The summed E-state index contributed by atoms with van der Waals surface area (Å²) in [6, 6.07) is -0.208. The van der Waals surface area contributed by atoms with Crippen LogP contribution in [-0.2, 0) is 4.79 Å². The van der Waals surface area contributed by atoms with Gasteiger partial charge in [-0.2, -0.15) is 4.91 Å². The van der Waals surface area contributed by atoms with Crippen LogP contribution in [0.5, 0.6) is 0 Å². The molecule has 1 aliphatic carbocycles. The van der Waals surface area contributed by atoms with Gasteiger partial charge < -0.3 is 10.2 Å². The summed E-state index contributed by atoms with van der Waals surface area (Å²) in [5.74, 6) is 4.32. The van der Waals surface area contributed by atoms with Crippen molar-refractivity contribution in [3.63, 3.8) is 0 Å². The topological polar surface area (TPSA) is 87.0 Å². The van der Waals surface area contributed by atoms with Crippen LogP contribution in [0.3, 0.4) is 0 Å². The lowest BCUT2D eigenvalue weighted by Crippen LogP contribution is -2.20. The zero-order chi connectivity index (χ0) is 20.1. The van der Waals surface area contributed by atoms with Gasteiger partial charge in [0.05, 0.1) is 6.04 Å². The van der Waals surface area contributed by atoms with Crippen LogP contribution in [0.15, 0.2) is 29.7 Å². The average Bonchev–Trinajstić information content (AvgIpc) is 3.04. The van der Waals surface area contributed by atoms with E-state index in [0.717, 1.165) is 50.7 Å². The van der Waals surface area contributed by atoms with E-state index in [4.69, 9.17) is 5.11 Å². The number of hydrogen-bond acceptors (Lipinski definition) is 4. The molecule has 5 nitrogen and oxygen atoms in total. The summed E-state index contributed by atoms with van der Waals surface area (Å²) < 4.78 is 12.9. The van der Waals surface area contributed by atoms with Gasteiger partial charge in [-0.3, -0.25) is 4.79 Å². The van der Waals surface area contributed by atoms with Gasteiger partial charge in [-0.05, 0) is 50.0 Å². The molecular formula is C21H30FNO4. The van der Waals surface area contributed by atoms with Crippen LogP contribution < -0.4 is 0 Å². The number of unbranched alkanes of at least 4 members (excludes halogenated alkanes) is 3. The van der Waals surface area contributed by atoms with E-state index in [1.54, 1.807) is 0 Å². The first-order valence-electron chi connectivity index (χ1n) is 9.69. The summed E-state index contributed by atoms with van der Waals surface area (Å²) in [4.78, 5) is 21.6. The molecule has 0 aromatic heterocycles. The average molecular weight is 379 g/mol. The second-order valence-corrected chi connectivity index (χ2v) is 7.14. The van der Waals surface area contributed by atoms with Crippen molar-refractivity contribution in [3.05, 3.63) is 29.5 Å². The molecule has 0 saturated heterocycles. The molecule has 1 saturated carbocycles. The predicted molar refractivity (Wildman–Crippen MR) is 104 cm³/mol. The minimum absolute atomic E-state index is 0.151. The van der Waals surface area contributed by atoms with Gasteiger partial charge in [0.15, 0.2) is 0 Å². The fraction of sp³-hybridized carbons (Fsp3) is 0.667. The summed E-state index contributed by atoms with van der Waals surface area (Å²) in [5, 5.41) is 21.9. The van der Waals surface area contributed by atoms with Crippen LogP contribution in [0.25, 0.3) is 0 Å². The molecule has 1 rings (SSSR count). The monoisotopic (exact) mass is 379 g/mol. The summed E-state index contributed by atoms with van der Waals surface area (Å²) >= 11 is 0. The van der Waals surface area contributed by atoms with Crippen molar-refractivity contribution in [1.29, 1.82) is 0 Å². The van der Waals surface area contributed by atoms with E-state index in [2.05, 4.69) is 23.6 Å². The van der Waals surface area contributed by atoms with Crippen molar-refractivity contribution in [1.82, 2.24) is 0 Å². The first-order valence-corrected chi connectivity index (χ1v) is 9.69. The van der Waals surface area contributed by atoms with Gasteiger partial charge >= 0.3 is 5.97 Å². The molecule has 27 heavy (non-hydrogen) atoms. The number of nitrogens with zero attached hydrogens (tertiary/aromatic N) is 1. The summed E-state index contributed by atoms with van der Waals surface area (Å²) in [6.45, 7) is 3.28. The molecule has 1 unspecified atom stereocenters. The van der Waals surface area contributed by atoms with Gasteiger partial charge in [0, 0.05) is 12.5 Å². The largest absolute Gasteiger partial charge is 0.481 e. The number of aliphatic hydroxyl groups is 1. The quantitative estimate of drug-likeness (QED) is 0.222. The molecule has 0 spiro atoms. The lowest BCUT2D eigenvalue weighted by Gasteiger charge is -2.22. The zero-order valence-corrected chi connectivity index (χ0v) is 15.8. The molecule has 0 aromatic rings. The second kappa shape index (κ2) is 13.2. The number of aliphatic carboxylic acids is 1. The van der Waals surface area contributed by atoms with E-state index < -0.39 is 17.9 Å². The molecule has 0 heterocycles. The van der Waals surface area contributed by atoms with Crippen LogP contribution in [0, 0.1) is 28.6 Å². The van der Waals surface area contributed by atoms with Gasteiger partial charge in [-0.1, -0.05) is 49.3 Å². The Balaban J connectivity index is 2.40. The number of carbonyl (C=O) groups is 1. The molecule has 0 aliphatic heterocycles. The molecule has 1 aliphatic rings. The summed E-state index contributed by atoms with van der Waals surface area (Å²) in [6.07, 6.45) is 8.93. The Labute approximate surface area is 160 Å². The van der Waals surface area contributed by atoms with E-state index in [9.17, 15) is 19.2 Å². The highest BCUT2D eigenvalue weighted by molar-refractivity contribution is 5.66. The molecule has 150 valence electrons. The standard InChI is InChI=1S/C21H30FNO4/c1-2-17(22)9-7-10-18(24)13-14-19-16(12-15-20(19)23-27)8-5-3-4-6-11-21(25)26/h2,9,16,18-20,24H,1,3-6,8,11-15H2,(H,25,26)/b17-9-/t16-,18?,19+,20+/m0/s1. The molecule has 2 N–H and O–H groups in total. The van der Waals surface area contributed by atoms with E-state index in [1.165, 1.54) is 0 Å². The number of halogens is 1. The van der Waals surface area contributed by atoms with Gasteiger partial charge in [-0.25, -0.2) is 4.39 Å². The normalized spacial score (nSPS) is 23.3. The van der Waals surface area contributed by atoms with E-state index in [-0.39, 0.29) is 18.4 Å². The third-order valence-electron chi connectivity index (χ3n) is 5.21. The first kappa shape index (κ1) is 23.0. The lowest BCUT2D eigenvalue weighted by atomic mass is 9.85. The Kier molecular flexibility index (Phi) is 11.3. The molecular weight excluding hydrogens is 349 g/mol. The highest BCUT2D eigenvalue weighted by Gasteiger charge is 2.36. The minimum Gasteiger partial charge on any atom is -0.481 e. The Morgan fingerprint density at radius 2 is 2.00 bits per heavy atom. The van der Waals surface area contributed by atoms with Crippen LogP contribution in [0.4, 0.5) is 4.39 Å². The molecule has 0 bridgehead atoms.